The van der Waals surface area contributed by atoms with Gasteiger partial charge >= 0.3 is 0 Å². The number of phenolic OH excluding ortho intramolecular Hbond substituents is 1. The van der Waals surface area contributed by atoms with Gasteiger partial charge in [-0.05, 0) is 31.2 Å². The van der Waals surface area contributed by atoms with Crippen LogP contribution in [-0.2, 0) is 0 Å². The largest absolute Gasteiger partial charge is 0.508 e. The molecule has 0 aliphatic rings. The van der Waals surface area contributed by atoms with E-state index in [1.54, 1.807) is 29.7 Å². The van der Waals surface area contributed by atoms with Crippen LogP contribution in [0.1, 0.15) is 4.88 Å². The van der Waals surface area contributed by atoms with Crippen molar-refractivity contribution in [2.45, 2.75) is 0 Å². The molecule has 0 atom stereocenters. The number of hydrogen-bond donors (Lipinski definition) is 1. The minimum Gasteiger partial charge on any atom is -0.508 e. The molecule has 0 aliphatic heterocycles. The second-order valence-corrected chi connectivity index (χ2v) is 3.79. The van der Waals surface area contributed by atoms with Crippen LogP contribution < -0.4 is 0 Å². The highest BCUT2D eigenvalue weighted by Crippen LogP contribution is 2.25. The Morgan fingerprint density at radius 2 is 1.92 bits per heavy atom. The first-order valence-corrected chi connectivity index (χ1v) is 4.64. The lowest BCUT2D eigenvalue weighted by atomic mass is 10.2. The van der Waals surface area contributed by atoms with Gasteiger partial charge in [0, 0.05) is 16.6 Å². The Balaban J connectivity index is 2.41. The van der Waals surface area contributed by atoms with E-state index in [9.17, 15) is 0 Å². The van der Waals surface area contributed by atoms with Crippen molar-refractivity contribution in [3.05, 3.63) is 42.3 Å². The van der Waals surface area contributed by atoms with Crippen molar-refractivity contribution in [1.29, 1.82) is 0 Å². The molecule has 0 unspecified atom stereocenters. The van der Waals surface area contributed by atoms with Crippen LogP contribution in [0.3, 0.4) is 0 Å². The molecule has 0 saturated carbocycles. The van der Waals surface area contributed by atoms with Gasteiger partial charge in [0.2, 0.25) is 0 Å². The van der Waals surface area contributed by atoms with Gasteiger partial charge in [-0.15, -0.1) is 11.3 Å². The molecule has 1 aromatic heterocycles. The summed E-state index contributed by atoms with van der Waals surface area (Å²) in [5.74, 6) is 0.273. The van der Waals surface area contributed by atoms with Gasteiger partial charge in [0.25, 0.3) is 0 Å². The number of thiazole rings is 1. The quantitative estimate of drug-likeness (QED) is 0.750. The predicted octanol–water partition coefficient (Wildman–Crippen LogP) is 2.70. The number of aromatic nitrogens is 1. The molecule has 0 aliphatic carbocycles. The molecule has 1 heterocycles. The fourth-order valence-electron chi connectivity index (χ4n) is 1.04. The molecule has 13 heavy (non-hydrogen) atoms. The van der Waals surface area contributed by atoms with Crippen molar-refractivity contribution < 1.29 is 5.11 Å². The lowest BCUT2D eigenvalue weighted by Gasteiger charge is -1.95. The highest BCUT2D eigenvalue weighted by atomic mass is 32.1. The molecule has 1 aromatic carbocycles. The summed E-state index contributed by atoms with van der Waals surface area (Å²) in [6, 6.07) is 6.99. The van der Waals surface area contributed by atoms with Crippen LogP contribution in [0.2, 0.25) is 0 Å². The van der Waals surface area contributed by atoms with E-state index < -0.39 is 0 Å². The first kappa shape index (κ1) is 8.26. The van der Waals surface area contributed by atoms with E-state index in [1.165, 1.54) is 0 Å². The van der Waals surface area contributed by atoms with E-state index in [-0.39, 0.29) is 5.75 Å². The van der Waals surface area contributed by atoms with E-state index in [2.05, 4.69) is 11.9 Å². The number of rotatable bonds is 1. The molecule has 0 fully saturated rings. The van der Waals surface area contributed by atoms with E-state index in [0.29, 0.717) is 0 Å². The van der Waals surface area contributed by atoms with Crippen LogP contribution in [0, 0.1) is 6.92 Å². The van der Waals surface area contributed by atoms with Crippen LogP contribution in [0.5, 0.6) is 5.75 Å². The van der Waals surface area contributed by atoms with Gasteiger partial charge in [0.1, 0.15) is 10.8 Å². The topological polar surface area (TPSA) is 33.1 Å². The highest BCUT2D eigenvalue weighted by molar-refractivity contribution is 7.15. The summed E-state index contributed by atoms with van der Waals surface area (Å²) in [6.45, 7) is 3.79. The Kier molecular flexibility index (Phi) is 2.02. The standard InChI is InChI=1S/C10H8NOS/c1-7-6-11-10(13-7)8-2-4-9(12)5-3-8/h2-6,12H,1H2. The van der Waals surface area contributed by atoms with E-state index in [0.717, 1.165) is 15.4 Å². The van der Waals surface area contributed by atoms with E-state index >= 15 is 0 Å². The van der Waals surface area contributed by atoms with Gasteiger partial charge in [-0.3, -0.25) is 0 Å². The molecule has 1 N–H and O–H groups in total. The van der Waals surface area contributed by atoms with E-state index in [4.69, 9.17) is 5.11 Å². The third-order valence-electron chi connectivity index (χ3n) is 1.67. The molecule has 0 amide bonds. The number of aromatic hydroxyl groups is 1. The highest BCUT2D eigenvalue weighted by Gasteiger charge is 2.01. The Morgan fingerprint density at radius 1 is 1.23 bits per heavy atom. The van der Waals surface area contributed by atoms with Crippen LogP contribution in [0.25, 0.3) is 10.6 Å². The van der Waals surface area contributed by atoms with Gasteiger partial charge in [-0.25, -0.2) is 4.98 Å². The van der Waals surface area contributed by atoms with Gasteiger partial charge in [-0.2, -0.15) is 0 Å². The number of hydrogen-bond acceptors (Lipinski definition) is 3. The molecule has 0 bridgehead atoms. The summed E-state index contributed by atoms with van der Waals surface area (Å²) >= 11 is 1.54. The van der Waals surface area contributed by atoms with Gasteiger partial charge in [-0.1, -0.05) is 0 Å². The fourth-order valence-corrected chi connectivity index (χ4v) is 1.76. The Labute approximate surface area is 80.5 Å². The maximum absolute atomic E-state index is 9.08. The van der Waals surface area contributed by atoms with Gasteiger partial charge in [0.05, 0.1) is 0 Å². The molecule has 2 rings (SSSR count). The smallest absolute Gasteiger partial charge is 0.123 e. The maximum Gasteiger partial charge on any atom is 0.123 e. The number of phenols is 1. The summed E-state index contributed by atoms with van der Waals surface area (Å²) < 4.78 is 0. The lowest BCUT2D eigenvalue weighted by Crippen LogP contribution is -1.73. The summed E-state index contributed by atoms with van der Waals surface area (Å²) in [4.78, 5) is 5.14. The van der Waals surface area contributed by atoms with Crippen molar-refractivity contribution in [3.63, 3.8) is 0 Å². The summed E-state index contributed by atoms with van der Waals surface area (Å²) in [6.07, 6.45) is 1.74. The zero-order chi connectivity index (χ0) is 9.26. The lowest BCUT2D eigenvalue weighted by molar-refractivity contribution is 0.475. The zero-order valence-corrected chi connectivity index (χ0v) is 7.71. The third-order valence-corrected chi connectivity index (χ3v) is 2.57. The second kappa shape index (κ2) is 3.18. The van der Waals surface area contributed by atoms with Gasteiger partial charge in [0.15, 0.2) is 0 Å². The molecule has 2 aromatic rings. The average Bonchev–Trinajstić information content (AvgIpc) is 2.53. The predicted molar refractivity (Wildman–Crippen MR) is 53.7 cm³/mol. The van der Waals surface area contributed by atoms with E-state index in [1.807, 2.05) is 12.1 Å². The summed E-state index contributed by atoms with van der Waals surface area (Å²) in [5.41, 5.74) is 1.01. The fraction of sp³-hybridized carbons (Fsp3) is 0. The maximum atomic E-state index is 9.08. The van der Waals surface area contributed by atoms with Crippen LogP contribution in [0.4, 0.5) is 0 Å². The van der Waals surface area contributed by atoms with Gasteiger partial charge < -0.3 is 5.11 Å². The summed E-state index contributed by atoms with van der Waals surface area (Å²) in [7, 11) is 0. The molecule has 0 saturated heterocycles. The minimum atomic E-state index is 0.273. The Bertz CT molecular complexity index is 405. The molecular weight excluding hydrogens is 182 g/mol. The monoisotopic (exact) mass is 190 g/mol. The average molecular weight is 190 g/mol. The molecule has 3 heteroatoms. The molecular formula is C10H8NOS. The van der Waals surface area contributed by atoms with Crippen molar-refractivity contribution >= 4 is 11.3 Å². The van der Waals surface area contributed by atoms with Crippen LogP contribution in [0.15, 0.2) is 30.5 Å². The summed E-state index contributed by atoms with van der Waals surface area (Å²) in [5, 5.41) is 10.0. The minimum absolute atomic E-state index is 0.273. The van der Waals surface area contributed by atoms with Crippen molar-refractivity contribution in [2.75, 3.05) is 0 Å². The SMILES string of the molecule is [CH2]c1cnc(-c2ccc(O)cc2)s1. The third kappa shape index (κ3) is 1.70. The molecule has 65 valence electrons. The second-order valence-electron chi connectivity index (χ2n) is 2.68. The Morgan fingerprint density at radius 3 is 2.46 bits per heavy atom. The molecule has 2 nitrogen and oxygen atoms in total. The van der Waals surface area contributed by atoms with Crippen LogP contribution >= 0.6 is 11.3 Å². The van der Waals surface area contributed by atoms with Crippen LogP contribution in [-0.4, -0.2) is 10.1 Å². The van der Waals surface area contributed by atoms with Crippen molar-refractivity contribution in [2.24, 2.45) is 0 Å². The first-order valence-electron chi connectivity index (χ1n) is 3.83. The molecule has 1 radical (unpaired) electrons. The zero-order valence-electron chi connectivity index (χ0n) is 6.90. The number of benzene rings is 1. The Hall–Kier alpha value is -1.35. The van der Waals surface area contributed by atoms with Crippen molar-refractivity contribution in [1.82, 2.24) is 4.98 Å². The first-order chi connectivity index (χ1) is 6.25. The molecule has 0 spiro atoms. The number of nitrogens with zero attached hydrogens (tertiary/aromatic N) is 1. The van der Waals surface area contributed by atoms with Crippen molar-refractivity contribution in [3.8, 4) is 16.3 Å². The normalized spacial score (nSPS) is 10.2.